The van der Waals surface area contributed by atoms with E-state index in [4.69, 9.17) is 15.2 Å². The smallest absolute Gasteiger partial charge is 0.327 e. The highest BCUT2D eigenvalue weighted by Gasteiger charge is 2.42. The summed E-state index contributed by atoms with van der Waals surface area (Å²) in [6, 6.07) is 4.43. The molecule has 0 fully saturated rings. The largest absolute Gasteiger partial charge is 0.460 e. The minimum Gasteiger partial charge on any atom is -0.460 e. The van der Waals surface area contributed by atoms with Crippen LogP contribution in [0, 0.1) is 5.82 Å². The molecule has 2 N–H and O–H groups in total. The van der Waals surface area contributed by atoms with E-state index in [1.54, 1.807) is 47.6 Å². The second-order valence-corrected chi connectivity index (χ2v) is 9.25. The van der Waals surface area contributed by atoms with Crippen LogP contribution < -0.4 is 5.73 Å². The molecular weight excluding hydrogens is 405 g/mol. The van der Waals surface area contributed by atoms with Gasteiger partial charge in [0.25, 0.3) is 0 Å². The van der Waals surface area contributed by atoms with E-state index in [1.165, 1.54) is 12.1 Å². The Morgan fingerprint density at radius 1 is 1.08 bits per heavy atom. The second kappa shape index (κ2) is 8.05. The number of carbonyl (C=O) groups is 2. The van der Waals surface area contributed by atoms with Crippen molar-refractivity contribution in [3.8, 4) is 0 Å². The SMILES string of the molecule is CC(C)(C)OC(=O)CC(N)(Cc1ccc(Br)cc1F)C(=O)OC(C)(C)C. The summed E-state index contributed by atoms with van der Waals surface area (Å²) >= 11 is 3.18. The van der Waals surface area contributed by atoms with Crippen molar-refractivity contribution in [3.63, 3.8) is 0 Å². The van der Waals surface area contributed by atoms with Crippen LogP contribution in [0.2, 0.25) is 0 Å². The average Bonchev–Trinajstić information content (AvgIpc) is 2.37. The summed E-state index contributed by atoms with van der Waals surface area (Å²) < 4.78 is 25.4. The molecule has 1 aromatic carbocycles. The predicted molar refractivity (Wildman–Crippen MR) is 101 cm³/mol. The molecule has 0 saturated heterocycles. The predicted octanol–water partition coefficient (Wildman–Crippen LogP) is 3.90. The lowest BCUT2D eigenvalue weighted by atomic mass is 9.88. The van der Waals surface area contributed by atoms with Crippen molar-refractivity contribution in [2.45, 2.75) is 71.1 Å². The Labute approximate surface area is 162 Å². The Hall–Kier alpha value is -1.47. The summed E-state index contributed by atoms with van der Waals surface area (Å²) in [5.41, 5.74) is 3.20. The Morgan fingerprint density at radius 3 is 2.08 bits per heavy atom. The van der Waals surface area contributed by atoms with Gasteiger partial charge in [-0.1, -0.05) is 22.0 Å². The molecule has 0 aromatic heterocycles. The van der Waals surface area contributed by atoms with Crippen LogP contribution in [0.25, 0.3) is 0 Å². The molecule has 0 radical (unpaired) electrons. The number of hydrogen-bond acceptors (Lipinski definition) is 5. The number of benzene rings is 1. The molecule has 146 valence electrons. The molecule has 1 atom stereocenters. The summed E-state index contributed by atoms with van der Waals surface area (Å²) in [6.45, 7) is 10.2. The molecule has 0 aliphatic heterocycles. The van der Waals surface area contributed by atoms with Crippen LogP contribution in [0.5, 0.6) is 0 Å². The highest BCUT2D eigenvalue weighted by Crippen LogP contribution is 2.25. The summed E-state index contributed by atoms with van der Waals surface area (Å²) in [5.74, 6) is -1.96. The first-order valence-electron chi connectivity index (χ1n) is 8.29. The molecule has 0 aliphatic rings. The molecule has 0 heterocycles. The van der Waals surface area contributed by atoms with Gasteiger partial charge in [-0.05, 0) is 59.2 Å². The van der Waals surface area contributed by atoms with E-state index in [0.717, 1.165) is 0 Å². The fourth-order valence-electron chi connectivity index (χ4n) is 2.23. The molecule has 5 nitrogen and oxygen atoms in total. The topological polar surface area (TPSA) is 78.6 Å². The van der Waals surface area contributed by atoms with Crippen molar-refractivity contribution in [1.82, 2.24) is 0 Å². The van der Waals surface area contributed by atoms with E-state index < -0.39 is 40.9 Å². The number of ether oxygens (including phenoxy) is 2. The van der Waals surface area contributed by atoms with E-state index in [0.29, 0.717) is 4.47 Å². The van der Waals surface area contributed by atoms with Crippen molar-refractivity contribution in [1.29, 1.82) is 0 Å². The van der Waals surface area contributed by atoms with E-state index >= 15 is 0 Å². The third-order valence-electron chi connectivity index (χ3n) is 3.21. The molecule has 0 bridgehead atoms. The number of esters is 2. The van der Waals surface area contributed by atoms with Gasteiger partial charge < -0.3 is 15.2 Å². The van der Waals surface area contributed by atoms with Gasteiger partial charge in [-0.3, -0.25) is 9.59 Å². The maximum atomic E-state index is 14.2. The summed E-state index contributed by atoms with van der Waals surface area (Å²) in [7, 11) is 0. The Morgan fingerprint density at radius 2 is 1.62 bits per heavy atom. The van der Waals surface area contributed by atoms with Gasteiger partial charge >= 0.3 is 11.9 Å². The van der Waals surface area contributed by atoms with Gasteiger partial charge in [0.1, 0.15) is 22.6 Å². The third kappa shape index (κ3) is 7.41. The number of hydrogen-bond donors (Lipinski definition) is 1. The lowest BCUT2D eigenvalue weighted by Crippen LogP contribution is -2.54. The molecule has 0 spiro atoms. The fraction of sp³-hybridized carbons (Fsp3) is 0.579. The fourth-order valence-corrected chi connectivity index (χ4v) is 2.56. The minimum atomic E-state index is -1.75. The molecule has 7 heteroatoms. The first-order chi connectivity index (χ1) is 11.6. The zero-order chi connectivity index (χ0) is 20.3. The normalized spacial score (nSPS) is 14.5. The van der Waals surface area contributed by atoms with Crippen LogP contribution in [0.15, 0.2) is 22.7 Å². The minimum absolute atomic E-state index is 0.194. The highest BCUT2D eigenvalue weighted by molar-refractivity contribution is 9.10. The zero-order valence-corrected chi connectivity index (χ0v) is 17.7. The zero-order valence-electron chi connectivity index (χ0n) is 16.1. The standard InChI is InChI=1S/C19H27BrFNO4/c1-17(2,3)25-15(23)11-19(22,16(24)26-18(4,5)6)10-12-7-8-13(20)9-14(12)21/h7-9H,10-11,22H2,1-6H3. The molecule has 1 aromatic rings. The van der Waals surface area contributed by atoms with Crippen molar-refractivity contribution in [2.75, 3.05) is 0 Å². The van der Waals surface area contributed by atoms with Gasteiger partial charge in [-0.2, -0.15) is 0 Å². The van der Waals surface area contributed by atoms with E-state index in [9.17, 15) is 14.0 Å². The molecule has 26 heavy (non-hydrogen) atoms. The van der Waals surface area contributed by atoms with Crippen LogP contribution in [0.4, 0.5) is 4.39 Å². The Kier molecular flexibility index (Phi) is 6.98. The summed E-state index contributed by atoms with van der Waals surface area (Å²) in [4.78, 5) is 24.9. The first kappa shape index (κ1) is 22.6. The maximum Gasteiger partial charge on any atom is 0.327 e. The number of nitrogens with two attached hydrogens (primary N) is 1. The highest BCUT2D eigenvalue weighted by atomic mass is 79.9. The summed E-state index contributed by atoms with van der Waals surface area (Å²) in [6.07, 6.45) is -0.616. The summed E-state index contributed by atoms with van der Waals surface area (Å²) in [5, 5.41) is 0. The van der Waals surface area contributed by atoms with Gasteiger partial charge in [0.2, 0.25) is 0 Å². The monoisotopic (exact) mass is 431 g/mol. The second-order valence-electron chi connectivity index (χ2n) is 8.33. The van der Waals surface area contributed by atoms with E-state index in [2.05, 4.69) is 15.9 Å². The Bertz CT molecular complexity index is 679. The quantitative estimate of drug-likeness (QED) is 0.714. The van der Waals surface area contributed by atoms with E-state index in [-0.39, 0.29) is 12.0 Å². The van der Waals surface area contributed by atoms with E-state index in [1.807, 2.05) is 0 Å². The number of carbonyl (C=O) groups excluding carboxylic acids is 2. The lowest BCUT2D eigenvalue weighted by molar-refractivity contribution is -0.169. The lowest BCUT2D eigenvalue weighted by Gasteiger charge is -2.32. The molecule has 1 rings (SSSR count). The third-order valence-corrected chi connectivity index (χ3v) is 3.70. The van der Waals surface area contributed by atoms with Crippen LogP contribution in [0.3, 0.4) is 0 Å². The van der Waals surface area contributed by atoms with Crippen LogP contribution in [0.1, 0.15) is 53.5 Å². The van der Waals surface area contributed by atoms with Crippen LogP contribution in [-0.4, -0.2) is 28.7 Å². The van der Waals surface area contributed by atoms with Crippen molar-refractivity contribution in [2.24, 2.45) is 5.73 Å². The number of halogens is 2. The van der Waals surface area contributed by atoms with Gasteiger partial charge in [0.05, 0.1) is 6.42 Å². The van der Waals surface area contributed by atoms with Crippen LogP contribution in [-0.2, 0) is 25.5 Å². The molecular formula is C19H27BrFNO4. The van der Waals surface area contributed by atoms with Crippen molar-refractivity contribution < 1.29 is 23.5 Å². The van der Waals surface area contributed by atoms with Gasteiger partial charge in [-0.15, -0.1) is 0 Å². The molecule has 0 aliphatic carbocycles. The average molecular weight is 432 g/mol. The number of rotatable bonds is 5. The molecule has 0 saturated carbocycles. The Balaban J connectivity index is 3.15. The van der Waals surface area contributed by atoms with Crippen LogP contribution >= 0.6 is 15.9 Å². The molecule has 0 amide bonds. The first-order valence-corrected chi connectivity index (χ1v) is 9.09. The van der Waals surface area contributed by atoms with Crippen molar-refractivity contribution >= 4 is 27.9 Å². The van der Waals surface area contributed by atoms with Gasteiger partial charge in [-0.25, -0.2) is 4.39 Å². The van der Waals surface area contributed by atoms with Gasteiger partial charge in [0, 0.05) is 10.9 Å². The van der Waals surface area contributed by atoms with Crippen molar-refractivity contribution in [3.05, 3.63) is 34.1 Å². The van der Waals surface area contributed by atoms with Gasteiger partial charge in [0.15, 0.2) is 0 Å². The molecule has 1 unspecified atom stereocenters. The maximum absolute atomic E-state index is 14.2.